The molecule has 0 aliphatic heterocycles. The molecule has 1 atom stereocenters. The highest BCUT2D eigenvalue weighted by Gasteiger charge is 2.30. The van der Waals surface area contributed by atoms with Crippen LogP contribution in [0.25, 0.3) is 0 Å². The van der Waals surface area contributed by atoms with Crippen molar-refractivity contribution in [3.8, 4) is 5.75 Å². The van der Waals surface area contributed by atoms with Crippen LogP contribution >= 0.6 is 0 Å². The summed E-state index contributed by atoms with van der Waals surface area (Å²) >= 11 is 0. The Bertz CT molecular complexity index is 576. The van der Waals surface area contributed by atoms with Crippen molar-refractivity contribution < 1.29 is 17.9 Å². The van der Waals surface area contributed by atoms with Gasteiger partial charge in [-0.1, -0.05) is 29.8 Å². The minimum Gasteiger partial charge on any atom is -0.484 e. The maximum absolute atomic E-state index is 12.5. The SMILES string of the molecule is Cc1ccc(C(CN)Oc2ccc(C(F)(F)F)cc2)cc1. The van der Waals surface area contributed by atoms with E-state index in [4.69, 9.17) is 10.5 Å². The summed E-state index contributed by atoms with van der Waals surface area (Å²) in [6.45, 7) is 2.21. The van der Waals surface area contributed by atoms with E-state index < -0.39 is 11.7 Å². The lowest BCUT2D eigenvalue weighted by atomic mass is 10.1. The number of aryl methyl sites for hydroxylation is 1. The highest BCUT2D eigenvalue weighted by atomic mass is 19.4. The van der Waals surface area contributed by atoms with Gasteiger partial charge in [-0.15, -0.1) is 0 Å². The van der Waals surface area contributed by atoms with E-state index in [1.54, 1.807) is 0 Å². The number of hydrogen-bond acceptors (Lipinski definition) is 2. The zero-order chi connectivity index (χ0) is 15.5. The molecule has 112 valence electrons. The molecule has 5 heteroatoms. The first-order valence-electron chi connectivity index (χ1n) is 6.50. The maximum atomic E-state index is 12.5. The molecule has 0 saturated carbocycles. The quantitative estimate of drug-likeness (QED) is 0.922. The smallest absolute Gasteiger partial charge is 0.416 e. The monoisotopic (exact) mass is 295 g/mol. The number of nitrogens with two attached hydrogens (primary N) is 1. The number of hydrogen-bond donors (Lipinski definition) is 1. The fourth-order valence-corrected chi connectivity index (χ4v) is 1.92. The van der Waals surface area contributed by atoms with E-state index in [-0.39, 0.29) is 12.6 Å². The van der Waals surface area contributed by atoms with Crippen LogP contribution in [0.2, 0.25) is 0 Å². The zero-order valence-electron chi connectivity index (χ0n) is 11.5. The zero-order valence-corrected chi connectivity index (χ0v) is 11.5. The van der Waals surface area contributed by atoms with Crippen LogP contribution in [0.15, 0.2) is 48.5 Å². The van der Waals surface area contributed by atoms with E-state index in [1.807, 2.05) is 31.2 Å². The fourth-order valence-electron chi connectivity index (χ4n) is 1.92. The van der Waals surface area contributed by atoms with Gasteiger partial charge in [-0.25, -0.2) is 0 Å². The molecule has 0 saturated heterocycles. The summed E-state index contributed by atoms with van der Waals surface area (Å²) in [7, 11) is 0. The topological polar surface area (TPSA) is 35.2 Å². The summed E-state index contributed by atoms with van der Waals surface area (Å²) in [6, 6.07) is 12.3. The van der Waals surface area contributed by atoms with E-state index in [2.05, 4.69) is 0 Å². The number of ether oxygens (including phenoxy) is 1. The second kappa shape index (κ2) is 6.18. The second-order valence-corrected chi connectivity index (χ2v) is 4.78. The van der Waals surface area contributed by atoms with Gasteiger partial charge < -0.3 is 10.5 Å². The first kappa shape index (κ1) is 15.4. The largest absolute Gasteiger partial charge is 0.484 e. The maximum Gasteiger partial charge on any atom is 0.416 e. The second-order valence-electron chi connectivity index (χ2n) is 4.78. The molecule has 0 spiro atoms. The van der Waals surface area contributed by atoms with Crippen molar-refractivity contribution >= 4 is 0 Å². The van der Waals surface area contributed by atoms with Crippen molar-refractivity contribution in [2.45, 2.75) is 19.2 Å². The van der Waals surface area contributed by atoms with Gasteiger partial charge in [-0.2, -0.15) is 13.2 Å². The number of rotatable bonds is 4. The minimum atomic E-state index is -4.34. The standard InChI is InChI=1S/C16H16F3NO/c1-11-2-4-12(5-3-11)15(10-20)21-14-8-6-13(7-9-14)16(17,18)19/h2-9,15H,10,20H2,1H3. The third-order valence-electron chi connectivity index (χ3n) is 3.12. The van der Waals surface area contributed by atoms with Crippen molar-refractivity contribution in [3.05, 3.63) is 65.2 Å². The molecule has 2 nitrogen and oxygen atoms in total. The average Bonchev–Trinajstić information content (AvgIpc) is 2.45. The highest BCUT2D eigenvalue weighted by molar-refractivity contribution is 5.30. The Kier molecular flexibility index (Phi) is 4.53. The van der Waals surface area contributed by atoms with Crippen molar-refractivity contribution in [2.75, 3.05) is 6.54 Å². The molecule has 2 N–H and O–H groups in total. The predicted octanol–water partition coefficient (Wildman–Crippen LogP) is 4.09. The Morgan fingerprint density at radius 1 is 1.00 bits per heavy atom. The van der Waals surface area contributed by atoms with Crippen molar-refractivity contribution in [1.29, 1.82) is 0 Å². The van der Waals surface area contributed by atoms with Crippen LogP contribution in [-0.4, -0.2) is 6.54 Å². The van der Waals surface area contributed by atoms with Gasteiger partial charge in [0.15, 0.2) is 0 Å². The van der Waals surface area contributed by atoms with Gasteiger partial charge in [0.1, 0.15) is 11.9 Å². The van der Waals surface area contributed by atoms with E-state index in [1.165, 1.54) is 12.1 Å². The van der Waals surface area contributed by atoms with E-state index >= 15 is 0 Å². The van der Waals surface area contributed by atoms with Gasteiger partial charge in [0.2, 0.25) is 0 Å². The predicted molar refractivity (Wildman–Crippen MR) is 75.0 cm³/mol. The van der Waals surface area contributed by atoms with Gasteiger partial charge in [0.25, 0.3) is 0 Å². The van der Waals surface area contributed by atoms with Crippen LogP contribution in [0.1, 0.15) is 22.8 Å². The highest BCUT2D eigenvalue weighted by Crippen LogP contribution is 2.31. The Morgan fingerprint density at radius 3 is 2.05 bits per heavy atom. The van der Waals surface area contributed by atoms with Crippen LogP contribution in [0.4, 0.5) is 13.2 Å². The molecule has 0 aliphatic rings. The third kappa shape index (κ3) is 3.98. The molecule has 21 heavy (non-hydrogen) atoms. The van der Waals surface area contributed by atoms with Crippen LogP contribution in [-0.2, 0) is 6.18 Å². The van der Waals surface area contributed by atoms with E-state index in [0.717, 1.165) is 23.3 Å². The molecule has 0 heterocycles. The van der Waals surface area contributed by atoms with Gasteiger partial charge >= 0.3 is 6.18 Å². The first-order chi connectivity index (χ1) is 9.90. The molecule has 0 radical (unpaired) electrons. The fraction of sp³-hybridized carbons (Fsp3) is 0.250. The Labute approximate surface area is 121 Å². The van der Waals surface area contributed by atoms with Crippen LogP contribution in [0.3, 0.4) is 0 Å². The summed E-state index contributed by atoms with van der Waals surface area (Å²) in [5.74, 6) is 0.360. The third-order valence-corrected chi connectivity index (χ3v) is 3.12. The van der Waals surface area contributed by atoms with Crippen molar-refractivity contribution in [2.24, 2.45) is 5.73 Å². The minimum absolute atomic E-state index is 0.240. The normalized spacial score (nSPS) is 13.0. The summed E-state index contributed by atoms with van der Waals surface area (Å²) in [5.41, 5.74) is 6.99. The Balaban J connectivity index is 2.13. The molecule has 0 aromatic heterocycles. The first-order valence-corrected chi connectivity index (χ1v) is 6.50. The molecule has 2 aromatic rings. The lowest BCUT2D eigenvalue weighted by Crippen LogP contribution is -2.18. The summed E-state index contributed by atoms with van der Waals surface area (Å²) in [5, 5.41) is 0. The van der Waals surface area contributed by atoms with Crippen molar-refractivity contribution in [1.82, 2.24) is 0 Å². The molecular formula is C16H16F3NO. The van der Waals surface area contributed by atoms with Gasteiger partial charge in [-0.3, -0.25) is 0 Å². The van der Waals surface area contributed by atoms with E-state index in [9.17, 15) is 13.2 Å². The summed E-state index contributed by atoms with van der Waals surface area (Å²) in [6.07, 6.45) is -4.73. The lowest BCUT2D eigenvalue weighted by Gasteiger charge is -2.18. The van der Waals surface area contributed by atoms with Gasteiger partial charge in [-0.05, 0) is 36.8 Å². The number of halogens is 3. The van der Waals surface area contributed by atoms with Crippen LogP contribution < -0.4 is 10.5 Å². The molecule has 2 rings (SSSR count). The molecule has 1 unspecified atom stereocenters. The Morgan fingerprint density at radius 2 is 1.57 bits per heavy atom. The summed E-state index contributed by atoms with van der Waals surface area (Å²) < 4.78 is 43.1. The Hall–Kier alpha value is -2.01. The average molecular weight is 295 g/mol. The lowest BCUT2D eigenvalue weighted by molar-refractivity contribution is -0.137. The van der Waals surface area contributed by atoms with Crippen LogP contribution in [0, 0.1) is 6.92 Å². The van der Waals surface area contributed by atoms with Crippen LogP contribution in [0.5, 0.6) is 5.75 Å². The molecule has 0 aliphatic carbocycles. The molecule has 0 amide bonds. The van der Waals surface area contributed by atoms with Gasteiger partial charge in [0, 0.05) is 6.54 Å². The molecular weight excluding hydrogens is 279 g/mol. The van der Waals surface area contributed by atoms with E-state index in [0.29, 0.717) is 5.75 Å². The molecule has 2 aromatic carbocycles. The number of alkyl halides is 3. The van der Waals surface area contributed by atoms with Crippen molar-refractivity contribution in [3.63, 3.8) is 0 Å². The van der Waals surface area contributed by atoms with Gasteiger partial charge in [0.05, 0.1) is 5.56 Å². The molecule has 0 fully saturated rings. The molecule has 0 bridgehead atoms. The summed E-state index contributed by atoms with van der Waals surface area (Å²) in [4.78, 5) is 0. The number of benzene rings is 2.